The Morgan fingerprint density at radius 1 is 1.36 bits per heavy atom. The summed E-state index contributed by atoms with van der Waals surface area (Å²) in [4.78, 5) is 10.9. The molecular weight excluding hydrogens is 178 g/mol. The van der Waals surface area contributed by atoms with E-state index < -0.39 is 0 Å². The van der Waals surface area contributed by atoms with E-state index in [4.69, 9.17) is 5.73 Å². The number of rotatable bonds is 2. The Morgan fingerprint density at radius 2 is 2.14 bits per heavy atom. The van der Waals surface area contributed by atoms with Crippen LogP contribution in [0.4, 0.5) is 11.4 Å². The first-order valence-electron chi connectivity index (χ1n) is 4.35. The van der Waals surface area contributed by atoms with Gasteiger partial charge in [0, 0.05) is 11.8 Å². The van der Waals surface area contributed by atoms with Crippen LogP contribution in [-0.4, -0.2) is 12.5 Å². The van der Waals surface area contributed by atoms with Gasteiger partial charge in [0.15, 0.2) is 0 Å². The summed E-state index contributed by atoms with van der Waals surface area (Å²) in [5.41, 5.74) is 8.08. The monoisotopic (exact) mass is 189 g/mol. The molecule has 0 unspecified atom stereocenters. The number of anilines is 2. The molecule has 1 heterocycles. The number of para-hydroxylation sites is 2. The Labute approximate surface area is 81.8 Å². The van der Waals surface area contributed by atoms with Crippen LogP contribution in [0.2, 0.25) is 0 Å². The molecule has 1 aliphatic rings. The van der Waals surface area contributed by atoms with E-state index >= 15 is 0 Å². The lowest BCUT2D eigenvalue weighted by atomic mass is 10.2. The second-order valence-electron chi connectivity index (χ2n) is 3.10. The minimum Gasteiger partial charge on any atom is -0.397 e. The molecule has 0 spiro atoms. The van der Waals surface area contributed by atoms with Crippen molar-refractivity contribution in [2.75, 3.05) is 17.6 Å². The lowest BCUT2D eigenvalue weighted by Gasteiger charge is -2.08. The van der Waals surface area contributed by atoms with Crippen molar-refractivity contribution in [1.82, 2.24) is 5.32 Å². The van der Waals surface area contributed by atoms with Gasteiger partial charge in [-0.2, -0.15) is 0 Å². The molecule has 1 aliphatic heterocycles. The van der Waals surface area contributed by atoms with E-state index in [1.165, 1.54) is 6.08 Å². The molecule has 0 atom stereocenters. The van der Waals surface area contributed by atoms with Crippen molar-refractivity contribution in [2.24, 2.45) is 0 Å². The smallest absolute Gasteiger partial charge is 0.246 e. The van der Waals surface area contributed by atoms with E-state index in [-0.39, 0.29) is 5.91 Å². The molecule has 4 N–H and O–H groups in total. The highest BCUT2D eigenvalue weighted by Crippen LogP contribution is 2.19. The number of amides is 1. The minimum absolute atomic E-state index is 0.0676. The zero-order valence-corrected chi connectivity index (χ0v) is 7.58. The molecule has 72 valence electrons. The van der Waals surface area contributed by atoms with Crippen molar-refractivity contribution in [3.05, 3.63) is 36.0 Å². The largest absolute Gasteiger partial charge is 0.397 e. The zero-order chi connectivity index (χ0) is 9.97. The summed E-state index contributed by atoms with van der Waals surface area (Å²) in [6.45, 7) is 0.535. The van der Waals surface area contributed by atoms with Crippen molar-refractivity contribution in [1.29, 1.82) is 0 Å². The van der Waals surface area contributed by atoms with Gasteiger partial charge in [-0.1, -0.05) is 12.1 Å². The normalized spacial score (nSPS) is 14.9. The highest BCUT2D eigenvalue weighted by Gasteiger charge is 2.10. The van der Waals surface area contributed by atoms with Crippen molar-refractivity contribution in [2.45, 2.75) is 0 Å². The summed E-state index contributed by atoms with van der Waals surface area (Å²) < 4.78 is 0. The molecular formula is C10H11N3O. The van der Waals surface area contributed by atoms with Gasteiger partial charge in [-0.25, -0.2) is 0 Å². The Balaban J connectivity index is 2.15. The molecule has 0 fully saturated rings. The first kappa shape index (κ1) is 8.62. The van der Waals surface area contributed by atoms with Crippen LogP contribution in [0.3, 0.4) is 0 Å². The summed E-state index contributed by atoms with van der Waals surface area (Å²) in [5.74, 6) is -0.0676. The lowest BCUT2D eigenvalue weighted by molar-refractivity contribution is -0.115. The molecule has 0 saturated heterocycles. The van der Waals surface area contributed by atoms with Gasteiger partial charge in [-0.05, 0) is 12.1 Å². The Hall–Kier alpha value is -1.97. The molecule has 0 saturated carbocycles. The van der Waals surface area contributed by atoms with E-state index in [1.807, 2.05) is 24.3 Å². The van der Waals surface area contributed by atoms with E-state index in [9.17, 15) is 4.79 Å². The van der Waals surface area contributed by atoms with Crippen LogP contribution in [0.1, 0.15) is 0 Å². The number of nitrogens with one attached hydrogen (secondary N) is 2. The third kappa shape index (κ3) is 1.69. The predicted octanol–water partition coefficient (Wildman–Crippen LogP) is 0.694. The second-order valence-corrected chi connectivity index (χ2v) is 3.10. The van der Waals surface area contributed by atoms with Gasteiger partial charge >= 0.3 is 0 Å². The maximum absolute atomic E-state index is 10.9. The van der Waals surface area contributed by atoms with E-state index in [0.29, 0.717) is 12.2 Å². The maximum atomic E-state index is 10.9. The van der Waals surface area contributed by atoms with Gasteiger partial charge in [-0.3, -0.25) is 4.79 Å². The second kappa shape index (κ2) is 3.41. The quantitative estimate of drug-likeness (QED) is 0.600. The predicted molar refractivity (Wildman–Crippen MR) is 55.6 cm³/mol. The summed E-state index contributed by atoms with van der Waals surface area (Å²) >= 11 is 0. The molecule has 0 radical (unpaired) electrons. The van der Waals surface area contributed by atoms with Crippen LogP contribution in [0.5, 0.6) is 0 Å². The average Bonchev–Trinajstić information content (AvgIpc) is 2.56. The van der Waals surface area contributed by atoms with Crippen LogP contribution in [-0.2, 0) is 4.79 Å². The summed E-state index contributed by atoms with van der Waals surface area (Å²) in [5, 5.41) is 5.77. The molecule has 0 aromatic heterocycles. The maximum Gasteiger partial charge on any atom is 0.246 e. The van der Waals surface area contributed by atoms with Crippen molar-refractivity contribution in [3.63, 3.8) is 0 Å². The average molecular weight is 189 g/mol. The van der Waals surface area contributed by atoms with E-state index in [1.54, 1.807) is 0 Å². The van der Waals surface area contributed by atoms with Gasteiger partial charge in [0.05, 0.1) is 17.9 Å². The van der Waals surface area contributed by atoms with Gasteiger partial charge in [0.1, 0.15) is 0 Å². The molecule has 1 amide bonds. The Kier molecular flexibility index (Phi) is 2.10. The van der Waals surface area contributed by atoms with Crippen LogP contribution in [0.25, 0.3) is 0 Å². The minimum atomic E-state index is -0.0676. The molecule has 14 heavy (non-hydrogen) atoms. The summed E-state index contributed by atoms with van der Waals surface area (Å²) in [6.07, 6.45) is 1.53. The highest BCUT2D eigenvalue weighted by molar-refractivity contribution is 5.92. The number of hydrogen-bond donors (Lipinski definition) is 3. The van der Waals surface area contributed by atoms with E-state index in [2.05, 4.69) is 10.6 Å². The van der Waals surface area contributed by atoms with Crippen molar-refractivity contribution in [3.8, 4) is 0 Å². The zero-order valence-electron chi connectivity index (χ0n) is 7.58. The number of nitrogen functional groups attached to an aromatic ring is 1. The SMILES string of the molecule is Nc1ccccc1NC1=CC(=O)NC1. The summed E-state index contributed by atoms with van der Waals surface area (Å²) in [6, 6.07) is 7.45. The Bertz CT molecular complexity index is 398. The standard InChI is InChI=1S/C10H11N3O/c11-8-3-1-2-4-9(8)13-7-5-10(14)12-6-7/h1-5,13H,6,11H2,(H,12,14). The first-order valence-corrected chi connectivity index (χ1v) is 4.35. The van der Waals surface area contributed by atoms with Crippen molar-refractivity contribution < 1.29 is 4.79 Å². The molecule has 0 aliphatic carbocycles. The highest BCUT2D eigenvalue weighted by atomic mass is 16.1. The fraction of sp³-hybridized carbons (Fsp3) is 0.100. The number of nitrogens with two attached hydrogens (primary N) is 1. The third-order valence-corrected chi connectivity index (χ3v) is 2.01. The van der Waals surface area contributed by atoms with Gasteiger partial charge in [-0.15, -0.1) is 0 Å². The summed E-state index contributed by atoms with van der Waals surface area (Å²) in [7, 11) is 0. The molecule has 1 aromatic rings. The molecule has 4 nitrogen and oxygen atoms in total. The van der Waals surface area contributed by atoms with Gasteiger partial charge in [0.2, 0.25) is 5.91 Å². The lowest BCUT2D eigenvalue weighted by Crippen LogP contribution is -2.16. The van der Waals surface area contributed by atoms with Crippen LogP contribution in [0.15, 0.2) is 36.0 Å². The molecule has 0 bridgehead atoms. The molecule has 4 heteroatoms. The fourth-order valence-corrected chi connectivity index (χ4v) is 1.31. The number of benzene rings is 1. The third-order valence-electron chi connectivity index (χ3n) is 2.01. The topological polar surface area (TPSA) is 67.1 Å². The number of carbonyl (C=O) groups is 1. The van der Waals surface area contributed by atoms with E-state index in [0.717, 1.165) is 11.4 Å². The van der Waals surface area contributed by atoms with Crippen LogP contribution >= 0.6 is 0 Å². The number of carbonyl (C=O) groups excluding carboxylic acids is 1. The molecule has 2 rings (SSSR count). The van der Waals surface area contributed by atoms with Crippen LogP contribution in [0, 0.1) is 0 Å². The fourth-order valence-electron chi connectivity index (χ4n) is 1.31. The van der Waals surface area contributed by atoms with Gasteiger partial charge in [0.25, 0.3) is 0 Å². The first-order chi connectivity index (χ1) is 6.75. The van der Waals surface area contributed by atoms with Gasteiger partial charge < -0.3 is 16.4 Å². The van der Waals surface area contributed by atoms with Crippen LogP contribution < -0.4 is 16.4 Å². The number of hydrogen-bond acceptors (Lipinski definition) is 3. The Morgan fingerprint density at radius 3 is 2.79 bits per heavy atom. The van der Waals surface area contributed by atoms with Crippen molar-refractivity contribution >= 4 is 17.3 Å². The molecule has 1 aromatic carbocycles.